The van der Waals surface area contributed by atoms with Crippen LogP contribution in [0.3, 0.4) is 0 Å². The zero-order valence-corrected chi connectivity index (χ0v) is 18.8. The molecule has 2 heterocycles. The monoisotopic (exact) mass is 455 g/mol. The van der Waals surface area contributed by atoms with Crippen LogP contribution in [0.5, 0.6) is 0 Å². The summed E-state index contributed by atoms with van der Waals surface area (Å²) < 4.78 is 10.3. The number of aryl methyl sites for hydroxylation is 1. The van der Waals surface area contributed by atoms with Gasteiger partial charge in [0.15, 0.2) is 6.10 Å². The minimum absolute atomic E-state index is 0.0315. The van der Waals surface area contributed by atoms with E-state index in [9.17, 15) is 24.0 Å². The summed E-state index contributed by atoms with van der Waals surface area (Å²) in [6, 6.07) is 5.74. The number of hydrogen-bond donors (Lipinski definition) is 2. The van der Waals surface area contributed by atoms with Crippen molar-refractivity contribution in [2.24, 2.45) is 0 Å². The van der Waals surface area contributed by atoms with E-state index in [1.165, 1.54) is 19.1 Å². The number of H-pyrrole nitrogens is 1. The van der Waals surface area contributed by atoms with Crippen LogP contribution in [0.2, 0.25) is 0 Å². The Hall–Kier alpha value is -3.95. The minimum atomic E-state index is -1.10. The third-order valence-corrected chi connectivity index (χ3v) is 5.28. The lowest BCUT2D eigenvalue weighted by Crippen LogP contribution is -2.30. The van der Waals surface area contributed by atoms with Gasteiger partial charge in [0.1, 0.15) is 0 Å². The number of aromatic nitrogens is 1. The molecule has 0 saturated carbocycles. The van der Waals surface area contributed by atoms with Crippen molar-refractivity contribution < 1.29 is 33.4 Å². The number of rotatable bonds is 8. The molecule has 0 radical (unpaired) electrons. The van der Waals surface area contributed by atoms with Crippen LogP contribution in [-0.4, -0.2) is 58.8 Å². The van der Waals surface area contributed by atoms with Gasteiger partial charge in [0, 0.05) is 5.69 Å². The first-order chi connectivity index (χ1) is 15.6. The Balaban J connectivity index is 1.66. The quantitative estimate of drug-likeness (QED) is 0.354. The van der Waals surface area contributed by atoms with Crippen molar-refractivity contribution in [1.29, 1.82) is 0 Å². The molecule has 0 spiro atoms. The van der Waals surface area contributed by atoms with Crippen molar-refractivity contribution in [3.63, 3.8) is 0 Å². The van der Waals surface area contributed by atoms with E-state index in [1.54, 1.807) is 32.9 Å². The Morgan fingerprint density at radius 1 is 1.09 bits per heavy atom. The van der Waals surface area contributed by atoms with Crippen LogP contribution >= 0.6 is 0 Å². The lowest BCUT2D eigenvalue weighted by atomic mass is 10.1. The summed E-state index contributed by atoms with van der Waals surface area (Å²) in [4.78, 5) is 64.8. The molecule has 1 aromatic carbocycles. The number of Topliss-reactive ketones (excluding diaryl/α,β-unsaturated/α-hetero) is 1. The Labute approximate surface area is 190 Å². The summed E-state index contributed by atoms with van der Waals surface area (Å²) in [5.41, 5.74) is 2.27. The molecule has 1 saturated heterocycles. The van der Waals surface area contributed by atoms with E-state index in [0.29, 0.717) is 22.4 Å². The zero-order valence-electron chi connectivity index (χ0n) is 18.8. The number of nitrogens with zero attached hydrogens (tertiary/aromatic N) is 1. The molecule has 1 aromatic heterocycles. The number of urea groups is 1. The van der Waals surface area contributed by atoms with Crippen LogP contribution in [0.1, 0.15) is 61.9 Å². The van der Waals surface area contributed by atoms with Gasteiger partial charge >= 0.3 is 18.0 Å². The largest absolute Gasteiger partial charge is 0.462 e. The van der Waals surface area contributed by atoms with Gasteiger partial charge < -0.3 is 19.8 Å². The van der Waals surface area contributed by atoms with Crippen molar-refractivity contribution in [2.75, 3.05) is 13.2 Å². The lowest BCUT2D eigenvalue weighted by molar-refractivity contribution is -0.125. The predicted molar refractivity (Wildman–Crippen MR) is 116 cm³/mol. The molecule has 1 aliphatic rings. The predicted octanol–water partition coefficient (Wildman–Crippen LogP) is 2.29. The number of carbonyl (C=O) groups excluding carboxylic acids is 5. The van der Waals surface area contributed by atoms with Crippen LogP contribution in [0.4, 0.5) is 4.79 Å². The Bertz CT molecular complexity index is 1100. The number of ether oxygens (including phenoxy) is 2. The first-order valence-corrected chi connectivity index (χ1v) is 10.4. The summed E-state index contributed by atoms with van der Waals surface area (Å²) in [6.07, 6.45) is -1.10. The van der Waals surface area contributed by atoms with Gasteiger partial charge in [-0.25, -0.2) is 14.4 Å². The van der Waals surface area contributed by atoms with Gasteiger partial charge in [-0.15, -0.1) is 0 Å². The van der Waals surface area contributed by atoms with E-state index < -0.39 is 29.9 Å². The maximum Gasteiger partial charge on any atom is 0.340 e. The van der Waals surface area contributed by atoms with E-state index >= 15 is 0 Å². The molecule has 0 bridgehead atoms. The molecule has 10 nitrogen and oxygen atoms in total. The molecule has 1 atom stereocenters. The summed E-state index contributed by atoms with van der Waals surface area (Å²) in [5, 5.41) is 2.44. The third-order valence-electron chi connectivity index (χ3n) is 5.28. The number of nitrogens with one attached hydrogen (secondary N) is 2. The Morgan fingerprint density at radius 3 is 2.33 bits per heavy atom. The maximum atomic E-state index is 12.9. The molecular formula is C23H25N3O7. The van der Waals surface area contributed by atoms with Crippen LogP contribution < -0.4 is 5.32 Å². The van der Waals surface area contributed by atoms with E-state index in [-0.39, 0.29) is 36.9 Å². The number of hydrogen-bond acceptors (Lipinski definition) is 7. The molecule has 10 heteroatoms. The fourth-order valence-electron chi connectivity index (χ4n) is 3.54. The molecule has 174 valence electrons. The highest BCUT2D eigenvalue weighted by Crippen LogP contribution is 2.21. The highest BCUT2D eigenvalue weighted by molar-refractivity contribution is 6.04. The smallest absolute Gasteiger partial charge is 0.340 e. The molecule has 3 rings (SSSR count). The molecule has 1 fully saturated rings. The molecule has 3 amide bonds. The normalized spacial score (nSPS) is 14.1. The van der Waals surface area contributed by atoms with Gasteiger partial charge in [0.25, 0.3) is 0 Å². The highest BCUT2D eigenvalue weighted by atomic mass is 16.5. The fourth-order valence-corrected chi connectivity index (χ4v) is 3.54. The summed E-state index contributed by atoms with van der Waals surface area (Å²) in [7, 11) is 0. The third kappa shape index (κ3) is 4.94. The van der Waals surface area contributed by atoms with Crippen molar-refractivity contribution >= 4 is 29.7 Å². The van der Waals surface area contributed by atoms with Crippen molar-refractivity contribution in [3.05, 3.63) is 57.9 Å². The second kappa shape index (κ2) is 9.68. The van der Waals surface area contributed by atoms with Crippen molar-refractivity contribution in [3.8, 4) is 0 Å². The number of benzene rings is 1. The first kappa shape index (κ1) is 23.7. The van der Waals surface area contributed by atoms with E-state index in [4.69, 9.17) is 9.47 Å². The van der Waals surface area contributed by atoms with Gasteiger partial charge in [0.05, 0.1) is 36.5 Å². The topological polar surface area (TPSA) is 135 Å². The van der Waals surface area contributed by atoms with E-state index in [0.717, 1.165) is 4.90 Å². The summed E-state index contributed by atoms with van der Waals surface area (Å²) >= 11 is 0. The van der Waals surface area contributed by atoms with E-state index in [2.05, 4.69) is 10.3 Å². The average molecular weight is 455 g/mol. The highest BCUT2D eigenvalue weighted by Gasteiger charge is 2.29. The van der Waals surface area contributed by atoms with Crippen LogP contribution in [0.15, 0.2) is 24.3 Å². The Kier molecular flexibility index (Phi) is 6.95. The number of imide groups is 1. The van der Waals surface area contributed by atoms with E-state index in [1.807, 2.05) is 0 Å². The SMILES string of the molecule is CCOC(=O)c1c(C)[nH]c(C(=O)[C@@H](C)OC(=O)c2ccc(CN3C(=O)CNC3=O)cc2)c1C. The van der Waals surface area contributed by atoms with Gasteiger partial charge in [-0.2, -0.15) is 0 Å². The van der Waals surface area contributed by atoms with Crippen molar-refractivity contribution in [1.82, 2.24) is 15.2 Å². The second-order valence-corrected chi connectivity index (χ2v) is 7.59. The summed E-state index contributed by atoms with van der Waals surface area (Å²) in [6.45, 7) is 6.69. The minimum Gasteiger partial charge on any atom is -0.462 e. The molecule has 0 aliphatic carbocycles. The van der Waals surface area contributed by atoms with Crippen molar-refractivity contribution in [2.45, 2.75) is 40.3 Å². The molecular weight excluding hydrogens is 430 g/mol. The molecule has 33 heavy (non-hydrogen) atoms. The van der Waals surface area contributed by atoms with Crippen LogP contribution in [0.25, 0.3) is 0 Å². The lowest BCUT2D eigenvalue weighted by Gasteiger charge is -2.14. The molecule has 2 aromatic rings. The molecule has 2 N–H and O–H groups in total. The van der Waals surface area contributed by atoms with Gasteiger partial charge in [0.2, 0.25) is 11.7 Å². The van der Waals surface area contributed by atoms with Crippen LogP contribution in [0, 0.1) is 13.8 Å². The van der Waals surface area contributed by atoms with Gasteiger partial charge in [-0.05, 0) is 51.0 Å². The average Bonchev–Trinajstić information content (AvgIpc) is 3.26. The van der Waals surface area contributed by atoms with Gasteiger partial charge in [-0.3, -0.25) is 14.5 Å². The second-order valence-electron chi connectivity index (χ2n) is 7.59. The Morgan fingerprint density at radius 2 is 1.76 bits per heavy atom. The molecule has 1 aliphatic heterocycles. The number of aromatic amines is 1. The number of esters is 2. The first-order valence-electron chi connectivity index (χ1n) is 10.4. The summed E-state index contributed by atoms with van der Waals surface area (Å²) in [5.74, 6) is -2.03. The number of carbonyl (C=O) groups is 5. The fraction of sp³-hybridized carbons (Fsp3) is 0.348. The maximum absolute atomic E-state index is 12.9. The molecule has 0 unspecified atom stereocenters. The standard InChI is InChI=1S/C23H25N3O7/c1-5-32-22(30)18-12(2)19(25-13(18)3)20(28)14(4)33-21(29)16-8-6-15(7-9-16)11-26-17(27)10-24-23(26)31/h6-9,14,25H,5,10-11H2,1-4H3,(H,24,31)/t14-/m1/s1. The van der Waals surface area contributed by atoms with Crippen LogP contribution in [-0.2, 0) is 20.8 Å². The number of ketones is 1. The van der Waals surface area contributed by atoms with Gasteiger partial charge in [-0.1, -0.05) is 12.1 Å². The number of amides is 3. The zero-order chi connectivity index (χ0) is 24.3.